The van der Waals surface area contributed by atoms with E-state index in [4.69, 9.17) is 16.3 Å². The SMILES string of the molecule is C=CCCOCCNCc1ccc(Br)cc1Cl. The van der Waals surface area contributed by atoms with Gasteiger partial charge in [0.1, 0.15) is 0 Å². The normalized spacial score (nSPS) is 10.5. The van der Waals surface area contributed by atoms with E-state index in [0.29, 0.717) is 6.61 Å². The highest BCUT2D eigenvalue weighted by molar-refractivity contribution is 9.10. The summed E-state index contributed by atoms with van der Waals surface area (Å²) < 4.78 is 6.39. The number of hydrogen-bond acceptors (Lipinski definition) is 2. The lowest BCUT2D eigenvalue weighted by Gasteiger charge is -2.07. The van der Waals surface area contributed by atoms with E-state index in [1.807, 2.05) is 24.3 Å². The molecule has 1 aromatic rings. The molecule has 0 fully saturated rings. The lowest BCUT2D eigenvalue weighted by atomic mass is 10.2. The monoisotopic (exact) mass is 317 g/mol. The van der Waals surface area contributed by atoms with Gasteiger partial charge >= 0.3 is 0 Å². The summed E-state index contributed by atoms with van der Waals surface area (Å²) in [5, 5.41) is 4.07. The molecule has 0 saturated heterocycles. The molecule has 0 spiro atoms. The summed E-state index contributed by atoms with van der Waals surface area (Å²) >= 11 is 9.48. The highest BCUT2D eigenvalue weighted by Crippen LogP contribution is 2.20. The Hall–Kier alpha value is -0.350. The average Bonchev–Trinajstić information content (AvgIpc) is 2.30. The first-order valence-electron chi connectivity index (χ1n) is 5.57. The minimum atomic E-state index is 0.710. The van der Waals surface area contributed by atoms with Gasteiger partial charge in [-0.25, -0.2) is 0 Å². The molecule has 1 aromatic carbocycles. The molecule has 0 saturated carbocycles. The Morgan fingerprint density at radius 2 is 2.24 bits per heavy atom. The highest BCUT2D eigenvalue weighted by atomic mass is 79.9. The maximum atomic E-state index is 6.10. The molecule has 0 aromatic heterocycles. The van der Waals surface area contributed by atoms with Crippen LogP contribution < -0.4 is 5.32 Å². The standard InChI is InChI=1S/C13H17BrClNO/c1-2-3-7-17-8-6-16-10-11-4-5-12(14)9-13(11)15/h2,4-5,9,16H,1,3,6-8,10H2. The highest BCUT2D eigenvalue weighted by Gasteiger charge is 2.00. The Morgan fingerprint density at radius 1 is 1.41 bits per heavy atom. The number of nitrogens with one attached hydrogen (secondary N) is 1. The fraction of sp³-hybridized carbons (Fsp3) is 0.385. The van der Waals surface area contributed by atoms with E-state index in [9.17, 15) is 0 Å². The van der Waals surface area contributed by atoms with Crippen LogP contribution in [0, 0.1) is 0 Å². The topological polar surface area (TPSA) is 21.3 Å². The van der Waals surface area contributed by atoms with Crippen molar-refractivity contribution in [3.8, 4) is 0 Å². The van der Waals surface area contributed by atoms with Crippen molar-refractivity contribution in [2.45, 2.75) is 13.0 Å². The van der Waals surface area contributed by atoms with Crippen LogP contribution in [-0.2, 0) is 11.3 Å². The zero-order valence-corrected chi connectivity index (χ0v) is 12.1. The van der Waals surface area contributed by atoms with Crippen LogP contribution in [0.2, 0.25) is 5.02 Å². The van der Waals surface area contributed by atoms with E-state index in [1.165, 1.54) is 0 Å². The van der Waals surface area contributed by atoms with E-state index in [0.717, 1.165) is 41.2 Å². The van der Waals surface area contributed by atoms with Crippen molar-refractivity contribution >= 4 is 27.5 Å². The van der Waals surface area contributed by atoms with Crippen molar-refractivity contribution in [2.24, 2.45) is 0 Å². The molecule has 94 valence electrons. The number of hydrogen-bond donors (Lipinski definition) is 1. The molecule has 1 rings (SSSR count). The number of halogens is 2. The predicted octanol–water partition coefficient (Wildman–Crippen LogP) is 3.78. The Bertz CT molecular complexity index is 357. The van der Waals surface area contributed by atoms with Crippen molar-refractivity contribution in [1.29, 1.82) is 0 Å². The summed E-state index contributed by atoms with van der Waals surface area (Å²) in [6, 6.07) is 5.90. The molecule has 0 heterocycles. The van der Waals surface area contributed by atoms with Crippen molar-refractivity contribution in [2.75, 3.05) is 19.8 Å². The van der Waals surface area contributed by atoms with Gasteiger partial charge in [-0.3, -0.25) is 0 Å². The first-order chi connectivity index (χ1) is 8.24. The van der Waals surface area contributed by atoms with Crippen LogP contribution >= 0.6 is 27.5 Å². The van der Waals surface area contributed by atoms with Crippen molar-refractivity contribution < 1.29 is 4.74 Å². The lowest BCUT2D eigenvalue weighted by Crippen LogP contribution is -2.19. The summed E-state index contributed by atoms with van der Waals surface area (Å²) in [5.74, 6) is 0. The molecule has 2 nitrogen and oxygen atoms in total. The molecular weight excluding hydrogens is 302 g/mol. The molecular formula is C13H17BrClNO. The average molecular weight is 319 g/mol. The minimum absolute atomic E-state index is 0.710. The summed E-state index contributed by atoms with van der Waals surface area (Å²) in [7, 11) is 0. The fourth-order valence-corrected chi connectivity index (χ4v) is 2.04. The van der Waals surface area contributed by atoms with Gasteiger partial charge in [-0.05, 0) is 24.1 Å². The van der Waals surface area contributed by atoms with Crippen LogP contribution in [0.1, 0.15) is 12.0 Å². The molecule has 0 aliphatic carbocycles. The Kier molecular flexibility index (Phi) is 7.53. The van der Waals surface area contributed by atoms with Crippen molar-refractivity contribution in [1.82, 2.24) is 5.32 Å². The second-order valence-corrected chi connectivity index (χ2v) is 4.93. The largest absolute Gasteiger partial charge is 0.380 e. The van der Waals surface area contributed by atoms with Gasteiger partial charge in [0.25, 0.3) is 0 Å². The van der Waals surface area contributed by atoms with Gasteiger partial charge in [0.15, 0.2) is 0 Å². The Labute approximate surface area is 116 Å². The van der Waals surface area contributed by atoms with Gasteiger partial charge in [-0.1, -0.05) is 39.7 Å². The Balaban J connectivity index is 2.15. The van der Waals surface area contributed by atoms with Gasteiger partial charge in [0.2, 0.25) is 0 Å². The summed E-state index contributed by atoms with van der Waals surface area (Å²) in [6.07, 6.45) is 2.76. The molecule has 1 N–H and O–H groups in total. The summed E-state index contributed by atoms with van der Waals surface area (Å²) in [5.41, 5.74) is 1.10. The van der Waals surface area contributed by atoms with E-state index in [-0.39, 0.29) is 0 Å². The third-order valence-corrected chi connectivity index (χ3v) is 3.07. The minimum Gasteiger partial charge on any atom is -0.380 e. The fourth-order valence-electron chi connectivity index (χ4n) is 1.30. The van der Waals surface area contributed by atoms with E-state index in [2.05, 4.69) is 27.8 Å². The van der Waals surface area contributed by atoms with Gasteiger partial charge in [0, 0.05) is 22.6 Å². The molecule has 4 heteroatoms. The maximum absolute atomic E-state index is 6.10. The smallest absolute Gasteiger partial charge is 0.0591 e. The first-order valence-corrected chi connectivity index (χ1v) is 6.74. The van der Waals surface area contributed by atoms with Gasteiger partial charge in [-0.2, -0.15) is 0 Å². The predicted molar refractivity (Wildman–Crippen MR) is 76.5 cm³/mol. The van der Waals surface area contributed by atoms with Gasteiger partial charge < -0.3 is 10.1 Å². The van der Waals surface area contributed by atoms with Crippen LogP contribution in [0.3, 0.4) is 0 Å². The maximum Gasteiger partial charge on any atom is 0.0591 e. The molecule has 0 radical (unpaired) electrons. The van der Waals surface area contributed by atoms with E-state index < -0.39 is 0 Å². The first kappa shape index (κ1) is 14.7. The lowest BCUT2D eigenvalue weighted by molar-refractivity contribution is 0.140. The summed E-state index contributed by atoms with van der Waals surface area (Å²) in [6.45, 7) is 6.67. The van der Waals surface area contributed by atoms with Crippen LogP contribution in [0.25, 0.3) is 0 Å². The van der Waals surface area contributed by atoms with Crippen LogP contribution in [-0.4, -0.2) is 19.8 Å². The zero-order valence-electron chi connectivity index (χ0n) is 9.72. The number of rotatable bonds is 8. The number of ether oxygens (including phenoxy) is 1. The van der Waals surface area contributed by atoms with Crippen LogP contribution in [0.4, 0.5) is 0 Å². The molecule has 0 unspecified atom stereocenters. The molecule has 0 aliphatic rings. The van der Waals surface area contributed by atoms with E-state index >= 15 is 0 Å². The van der Waals surface area contributed by atoms with Crippen molar-refractivity contribution in [3.63, 3.8) is 0 Å². The van der Waals surface area contributed by atoms with Crippen LogP contribution in [0.5, 0.6) is 0 Å². The Morgan fingerprint density at radius 3 is 2.94 bits per heavy atom. The third-order valence-electron chi connectivity index (χ3n) is 2.22. The zero-order chi connectivity index (χ0) is 12.5. The molecule has 0 atom stereocenters. The molecule has 0 bridgehead atoms. The van der Waals surface area contributed by atoms with Gasteiger partial charge in [0.05, 0.1) is 13.2 Å². The molecule has 0 amide bonds. The number of benzene rings is 1. The third kappa shape index (κ3) is 6.22. The quantitative estimate of drug-likeness (QED) is 0.582. The molecule has 0 aliphatic heterocycles. The van der Waals surface area contributed by atoms with E-state index in [1.54, 1.807) is 0 Å². The summed E-state index contributed by atoms with van der Waals surface area (Å²) in [4.78, 5) is 0. The second-order valence-electron chi connectivity index (χ2n) is 3.60. The van der Waals surface area contributed by atoms with Gasteiger partial charge in [-0.15, -0.1) is 6.58 Å². The van der Waals surface area contributed by atoms with Crippen molar-refractivity contribution in [3.05, 3.63) is 45.9 Å². The van der Waals surface area contributed by atoms with Crippen LogP contribution in [0.15, 0.2) is 35.3 Å². The molecule has 17 heavy (non-hydrogen) atoms. The second kappa shape index (κ2) is 8.70.